The van der Waals surface area contributed by atoms with Crippen molar-refractivity contribution in [2.75, 3.05) is 26.2 Å². The van der Waals surface area contributed by atoms with Gasteiger partial charge in [-0.3, -0.25) is 9.69 Å². The standard InChI is InChI=1S/C19H32N4O2/c1-4-17-20-16(21-25-17)12-22-10-5-8-19(13-22)9-6-18(24)23(14-19)11-7-15(2)3/h15H,4-14H2,1-3H3/t19-/m0/s1. The van der Waals surface area contributed by atoms with Crippen LogP contribution < -0.4 is 0 Å². The lowest BCUT2D eigenvalue weighted by molar-refractivity contribution is -0.139. The fourth-order valence-electron chi connectivity index (χ4n) is 4.20. The van der Waals surface area contributed by atoms with Gasteiger partial charge in [0.2, 0.25) is 11.8 Å². The second-order valence-corrected chi connectivity index (χ2v) is 8.27. The number of carbonyl (C=O) groups is 1. The molecule has 0 unspecified atom stereocenters. The lowest BCUT2D eigenvalue weighted by Gasteiger charge is -2.48. The van der Waals surface area contributed by atoms with Crippen molar-refractivity contribution >= 4 is 5.91 Å². The smallest absolute Gasteiger partial charge is 0.226 e. The number of piperidine rings is 2. The summed E-state index contributed by atoms with van der Waals surface area (Å²) in [6, 6.07) is 0. The Morgan fingerprint density at radius 1 is 1.28 bits per heavy atom. The summed E-state index contributed by atoms with van der Waals surface area (Å²) in [5.74, 6) is 2.48. The van der Waals surface area contributed by atoms with Gasteiger partial charge in [0.1, 0.15) is 0 Å². The van der Waals surface area contributed by atoms with E-state index in [0.717, 1.165) is 57.8 Å². The molecule has 1 aromatic heterocycles. The zero-order valence-corrected chi connectivity index (χ0v) is 16.0. The maximum atomic E-state index is 12.3. The molecule has 0 bridgehead atoms. The largest absolute Gasteiger partial charge is 0.342 e. The number of aryl methyl sites for hydroxylation is 1. The first-order chi connectivity index (χ1) is 12.0. The molecule has 1 spiro atoms. The SMILES string of the molecule is CCc1nc(CN2CCC[C@]3(CCC(=O)N(CCC(C)C)C3)C2)no1. The third-order valence-electron chi connectivity index (χ3n) is 5.64. The lowest BCUT2D eigenvalue weighted by Crippen LogP contribution is -2.54. The van der Waals surface area contributed by atoms with E-state index in [9.17, 15) is 4.79 Å². The molecule has 3 rings (SSSR count). The molecule has 6 heteroatoms. The van der Waals surface area contributed by atoms with Crippen molar-refractivity contribution in [3.63, 3.8) is 0 Å². The highest BCUT2D eigenvalue weighted by Gasteiger charge is 2.41. The minimum absolute atomic E-state index is 0.250. The molecule has 2 aliphatic rings. The molecule has 6 nitrogen and oxygen atoms in total. The number of rotatable bonds is 6. The van der Waals surface area contributed by atoms with Crippen LogP contribution >= 0.6 is 0 Å². The third kappa shape index (κ3) is 4.60. The summed E-state index contributed by atoms with van der Waals surface area (Å²) in [6.45, 7) is 11.2. The predicted molar refractivity (Wildman–Crippen MR) is 95.9 cm³/mol. The van der Waals surface area contributed by atoms with E-state index in [1.165, 1.54) is 12.8 Å². The van der Waals surface area contributed by atoms with Crippen LogP contribution in [0.3, 0.4) is 0 Å². The van der Waals surface area contributed by atoms with Gasteiger partial charge in [-0.1, -0.05) is 25.9 Å². The Bertz CT molecular complexity index is 586. The van der Waals surface area contributed by atoms with Crippen LogP contribution in [0.1, 0.15) is 64.6 Å². The maximum Gasteiger partial charge on any atom is 0.226 e. The molecular formula is C19H32N4O2. The second kappa shape index (κ2) is 7.85. The van der Waals surface area contributed by atoms with Crippen LogP contribution in [-0.4, -0.2) is 52.0 Å². The fourth-order valence-corrected chi connectivity index (χ4v) is 4.20. The first-order valence-electron chi connectivity index (χ1n) is 9.81. The molecule has 1 amide bonds. The van der Waals surface area contributed by atoms with Crippen LogP contribution in [-0.2, 0) is 17.8 Å². The number of carbonyl (C=O) groups excluding carboxylic acids is 1. The van der Waals surface area contributed by atoms with Crippen molar-refractivity contribution < 1.29 is 9.32 Å². The fraction of sp³-hybridized carbons (Fsp3) is 0.842. The normalized spacial score (nSPS) is 25.3. The highest BCUT2D eigenvalue weighted by molar-refractivity contribution is 5.77. The molecule has 1 aromatic rings. The molecule has 0 aliphatic carbocycles. The molecule has 1 atom stereocenters. The van der Waals surface area contributed by atoms with Gasteiger partial charge in [0, 0.05) is 37.9 Å². The molecule has 2 aliphatic heterocycles. The lowest BCUT2D eigenvalue weighted by atomic mass is 9.73. The number of aromatic nitrogens is 2. The van der Waals surface area contributed by atoms with E-state index in [-0.39, 0.29) is 5.41 Å². The Labute approximate surface area is 150 Å². The van der Waals surface area contributed by atoms with Gasteiger partial charge in [-0.05, 0) is 38.1 Å². The zero-order valence-electron chi connectivity index (χ0n) is 16.0. The molecule has 0 radical (unpaired) electrons. The molecule has 0 aromatic carbocycles. The quantitative estimate of drug-likeness (QED) is 0.791. The molecule has 2 fully saturated rings. The first kappa shape index (κ1) is 18.4. The molecule has 140 valence electrons. The van der Waals surface area contributed by atoms with E-state index in [1.807, 2.05) is 6.92 Å². The summed E-state index contributed by atoms with van der Waals surface area (Å²) in [5.41, 5.74) is 0.250. The van der Waals surface area contributed by atoms with Gasteiger partial charge < -0.3 is 9.42 Å². The van der Waals surface area contributed by atoms with Crippen LogP contribution in [0, 0.1) is 11.3 Å². The van der Waals surface area contributed by atoms with Crippen LogP contribution in [0.5, 0.6) is 0 Å². The van der Waals surface area contributed by atoms with Gasteiger partial charge in [0.15, 0.2) is 5.82 Å². The Morgan fingerprint density at radius 2 is 2.12 bits per heavy atom. The Morgan fingerprint density at radius 3 is 2.84 bits per heavy atom. The maximum absolute atomic E-state index is 12.3. The van der Waals surface area contributed by atoms with Crippen LogP contribution in [0.15, 0.2) is 4.52 Å². The monoisotopic (exact) mass is 348 g/mol. The number of amides is 1. The summed E-state index contributed by atoms with van der Waals surface area (Å²) in [7, 11) is 0. The molecule has 0 saturated carbocycles. The number of nitrogens with zero attached hydrogens (tertiary/aromatic N) is 4. The summed E-state index contributed by atoms with van der Waals surface area (Å²) < 4.78 is 5.24. The molecule has 2 saturated heterocycles. The molecule has 0 N–H and O–H groups in total. The van der Waals surface area contributed by atoms with Crippen LogP contribution in [0.2, 0.25) is 0 Å². The Kier molecular flexibility index (Phi) is 5.77. The molecule has 25 heavy (non-hydrogen) atoms. The van der Waals surface area contributed by atoms with Crippen LogP contribution in [0.25, 0.3) is 0 Å². The minimum Gasteiger partial charge on any atom is -0.342 e. The summed E-state index contributed by atoms with van der Waals surface area (Å²) in [4.78, 5) is 21.3. The Balaban J connectivity index is 1.61. The Hall–Kier alpha value is -1.43. The topological polar surface area (TPSA) is 62.5 Å². The minimum atomic E-state index is 0.250. The van der Waals surface area contributed by atoms with Gasteiger partial charge in [-0.25, -0.2) is 0 Å². The van der Waals surface area contributed by atoms with Crippen LogP contribution in [0.4, 0.5) is 0 Å². The van der Waals surface area contributed by atoms with E-state index in [1.54, 1.807) is 0 Å². The third-order valence-corrected chi connectivity index (χ3v) is 5.64. The highest BCUT2D eigenvalue weighted by Crippen LogP contribution is 2.39. The summed E-state index contributed by atoms with van der Waals surface area (Å²) in [5, 5.41) is 4.10. The number of hydrogen-bond acceptors (Lipinski definition) is 5. The zero-order chi connectivity index (χ0) is 17.9. The first-order valence-corrected chi connectivity index (χ1v) is 9.81. The average molecular weight is 348 g/mol. The summed E-state index contributed by atoms with van der Waals surface area (Å²) in [6.07, 6.45) is 6.01. The van der Waals surface area contributed by atoms with Crippen molar-refractivity contribution in [2.45, 2.75) is 65.8 Å². The predicted octanol–water partition coefficient (Wildman–Crippen LogP) is 2.88. The van der Waals surface area contributed by atoms with E-state index < -0.39 is 0 Å². The van der Waals surface area contributed by atoms with Gasteiger partial charge in [-0.15, -0.1) is 0 Å². The van der Waals surface area contributed by atoms with E-state index >= 15 is 0 Å². The van der Waals surface area contributed by atoms with Gasteiger partial charge >= 0.3 is 0 Å². The molecular weight excluding hydrogens is 316 g/mol. The second-order valence-electron chi connectivity index (χ2n) is 8.27. The van der Waals surface area contributed by atoms with E-state index in [0.29, 0.717) is 24.1 Å². The highest BCUT2D eigenvalue weighted by atomic mass is 16.5. The van der Waals surface area contributed by atoms with Crippen molar-refractivity contribution in [1.82, 2.24) is 19.9 Å². The van der Waals surface area contributed by atoms with Crippen molar-refractivity contribution in [1.29, 1.82) is 0 Å². The van der Waals surface area contributed by atoms with Crippen molar-refractivity contribution in [2.24, 2.45) is 11.3 Å². The summed E-state index contributed by atoms with van der Waals surface area (Å²) >= 11 is 0. The van der Waals surface area contributed by atoms with Crippen molar-refractivity contribution in [3.8, 4) is 0 Å². The van der Waals surface area contributed by atoms with Crippen molar-refractivity contribution in [3.05, 3.63) is 11.7 Å². The van der Waals surface area contributed by atoms with E-state index in [4.69, 9.17) is 4.52 Å². The van der Waals surface area contributed by atoms with Gasteiger partial charge in [-0.2, -0.15) is 4.98 Å². The molecule has 3 heterocycles. The van der Waals surface area contributed by atoms with Gasteiger partial charge in [0.05, 0.1) is 6.54 Å². The van der Waals surface area contributed by atoms with E-state index in [2.05, 4.69) is 33.8 Å². The number of likely N-dealkylation sites (tertiary alicyclic amines) is 2. The number of hydrogen-bond donors (Lipinski definition) is 0. The average Bonchev–Trinajstić information content (AvgIpc) is 3.04. The van der Waals surface area contributed by atoms with Gasteiger partial charge in [0.25, 0.3) is 0 Å².